The van der Waals surface area contributed by atoms with Crippen LogP contribution in [0, 0.1) is 15.5 Å². The monoisotopic (exact) mass is 321 g/mol. The summed E-state index contributed by atoms with van der Waals surface area (Å²) in [6, 6.07) is 0.746. The van der Waals surface area contributed by atoms with Crippen molar-refractivity contribution in [1.82, 2.24) is 4.31 Å². The van der Waals surface area contributed by atoms with Crippen LogP contribution in [0.4, 0.5) is 10.7 Å². The average Bonchev–Trinajstić information content (AvgIpc) is 2.68. The molecule has 1 unspecified atom stereocenters. The lowest BCUT2D eigenvalue weighted by molar-refractivity contribution is -0.383. The van der Waals surface area contributed by atoms with Crippen LogP contribution in [0.15, 0.2) is 10.3 Å². The van der Waals surface area contributed by atoms with Gasteiger partial charge in [0.1, 0.15) is 4.21 Å². The minimum absolute atomic E-state index is 0.106. The molecule has 1 rings (SSSR count). The lowest BCUT2D eigenvalue weighted by Gasteiger charge is -2.34. The van der Waals surface area contributed by atoms with Crippen molar-refractivity contribution < 1.29 is 13.3 Å². The summed E-state index contributed by atoms with van der Waals surface area (Å²) in [6.07, 6.45) is 0. The van der Waals surface area contributed by atoms with E-state index in [0.29, 0.717) is 11.3 Å². The Hall–Kier alpha value is -1.19. The predicted octanol–water partition coefficient (Wildman–Crippen LogP) is 2.29. The first-order chi connectivity index (χ1) is 8.89. The Morgan fingerprint density at radius 2 is 1.95 bits per heavy atom. The fourth-order valence-electron chi connectivity index (χ4n) is 1.54. The SMILES string of the molecule is CC(N(C)S(=O)(=O)c1cc([N+](=O)[O-])c(N)s1)C(C)(C)C. The van der Waals surface area contributed by atoms with Crippen LogP contribution in [0.3, 0.4) is 0 Å². The summed E-state index contributed by atoms with van der Waals surface area (Å²) in [5.41, 5.74) is 4.87. The highest BCUT2D eigenvalue weighted by molar-refractivity contribution is 7.91. The largest absolute Gasteiger partial charge is 0.385 e. The number of hydrogen-bond acceptors (Lipinski definition) is 6. The van der Waals surface area contributed by atoms with E-state index in [9.17, 15) is 18.5 Å². The van der Waals surface area contributed by atoms with Crippen LogP contribution in [0.2, 0.25) is 0 Å². The second-order valence-corrected chi connectivity index (χ2v) is 8.94. The smallest absolute Gasteiger partial charge is 0.304 e. The molecular formula is C11H19N3O4S2. The number of nitrogens with zero attached hydrogens (tertiary/aromatic N) is 2. The van der Waals surface area contributed by atoms with E-state index in [1.807, 2.05) is 20.8 Å². The van der Waals surface area contributed by atoms with Crippen LogP contribution in [0.1, 0.15) is 27.7 Å². The van der Waals surface area contributed by atoms with E-state index in [1.54, 1.807) is 6.92 Å². The average molecular weight is 321 g/mol. The Bertz CT molecular complexity index is 616. The van der Waals surface area contributed by atoms with Crippen LogP contribution < -0.4 is 5.73 Å². The molecule has 0 aliphatic rings. The Kier molecular flexibility index (Phi) is 4.47. The Morgan fingerprint density at radius 3 is 2.30 bits per heavy atom. The first-order valence-corrected chi connectivity index (χ1v) is 8.16. The maximum atomic E-state index is 12.5. The molecule has 0 saturated carbocycles. The number of nitrogen functional groups attached to an aromatic ring is 1. The molecule has 1 aromatic heterocycles. The van der Waals surface area contributed by atoms with E-state index >= 15 is 0 Å². The molecule has 0 fully saturated rings. The molecule has 0 spiro atoms. The maximum absolute atomic E-state index is 12.5. The molecule has 7 nitrogen and oxygen atoms in total. The number of thiophene rings is 1. The topological polar surface area (TPSA) is 107 Å². The van der Waals surface area contributed by atoms with Crippen LogP contribution in [0.5, 0.6) is 0 Å². The van der Waals surface area contributed by atoms with Gasteiger partial charge in [-0.05, 0) is 12.3 Å². The third-order valence-corrected chi connectivity index (χ3v) is 6.68. The fraction of sp³-hybridized carbons (Fsp3) is 0.636. The highest BCUT2D eigenvalue weighted by atomic mass is 32.2. The van der Waals surface area contributed by atoms with Crippen LogP contribution >= 0.6 is 11.3 Å². The van der Waals surface area contributed by atoms with Gasteiger partial charge < -0.3 is 5.73 Å². The highest BCUT2D eigenvalue weighted by Crippen LogP contribution is 2.37. The van der Waals surface area contributed by atoms with E-state index in [2.05, 4.69) is 0 Å². The van der Waals surface area contributed by atoms with Crippen molar-refractivity contribution in [2.24, 2.45) is 5.41 Å². The molecular weight excluding hydrogens is 302 g/mol. The zero-order valence-electron chi connectivity index (χ0n) is 12.1. The summed E-state index contributed by atoms with van der Waals surface area (Å²) in [6.45, 7) is 7.57. The van der Waals surface area contributed by atoms with Gasteiger partial charge in [0.2, 0.25) is 0 Å². The molecule has 1 atom stereocenters. The van der Waals surface area contributed by atoms with E-state index in [0.717, 1.165) is 6.07 Å². The van der Waals surface area contributed by atoms with Gasteiger partial charge in [-0.25, -0.2) is 8.42 Å². The van der Waals surface area contributed by atoms with E-state index in [-0.39, 0.29) is 26.4 Å². The van der Waals surface area contributed by atoms with Gasteiger partial charge in [0.05, 0.1) is 4.92 Å². The Morgan fingerprint density at radius 1 is 1.45 bits per heavy atom. The fourth-order valence-corrected chi connectivity index (χ4v) is 4.48. The van der Waals surface area contributed by atoms with E-state index < -0.39 is 14.9 Å². The molecule has 20 heavy (non-hydrogen) atoms. The molecule has 0 bridgehead atoms. The summed E-state index contributed by atoms with van der Waals surface area (Å²) in [5, 5.41) is 10.6. The lowest BCUT2D eigenvalue weighted by atomic mass is 9.88. The molecule has 0 aromatic carbocycles. The summed E-state index contributed by atoms with van der Waals surface area (Å²) >= 11 is 0.712. The number of hydrogen-bond donors (Lipinski definition) is 1. The first-order valence-electron chi connectivity index (χ1n) is 5.90. The number of sulfonamides is 1. The van der Waals surface area contributed by atoms with Crippen molar-refractivity contribution in [3.05, 3.63) is 16.2 Å². The predicted molar refractivity (Wildman–Crippen MR) is 79.3 cm³/mol. The molecule has 114 valence electrons. The molecule has 2 N–H and O–H groups in total. The second-order valence-electron chi connectivity index (χ2n) is 5.64. The maximum Gasteiger partial charge on any atom is 0.304 e. The van der Waals surface area contributed by atoms with Gasteiger partial charge >= 0.3 is 5.69 Å². The zero-order chi connectivity index (χ0) is 15.9. The van der Waals surface area contributed by atoms with Gasteiger partial charge in [-0.3, -0.25) is 10.1 Å². The summed E-state index contributed by atoms with van der Waals surface area (Å²) in [5.74, 6) is 0. The quantitative estimate of drug-likeness (QED) is 0.676. The van der Waals surface area contributed by atoms with Crippen molar-refractivity contribution >= 4 is 32.0 Å². The summed E-state index contributed by atoms with van der Waals surface area (Å²) in [4.78, 5) is 10.1. The zero-order valence-corrected chi connectivity index (χ0v) is 13.7. The molecule has 1 heterocycles. The number of nitrogens with two attached hydrogens (primary N) is 1. The molecule has 1 aromatic rings. The summed E-state index contributed by atoms with van der Waals surface area (Å²) in [7, 11) is -2.32. The Labute approximate surface area is 122 Å². The number of rotatable bonds is 4. The molecule has 0 amide bonds. The first kappa shape index (κ1) is 16.9. The van der Waals surface area contributed by atoms with Crippen LogP contribution in [-0.2, 0) is 10.0 Å². The minimum Gasteiger partial charge on any atom is -0.385 e. The molecule has 0 saturated heterocycles. The molecule has 0 aliphatic carbocycles. The number of nitro groups is 1. The molecule has 9 heteroatoms. The van der Waals surface area contributed by atoms with Crippen molar-refractivity contribution in [2.75, 3.05) is 12.8 Å². The van der Waals surface area contributed by atoms with Gasteiger partial charge in [0.25, 0.3) is 10.0 Å². The van der Waals surface area contributed by atoms with E-state index in [4.69, 9.17) is 5.73 Å². The Balaban J connectivity index is 3.24. The minimum atomic E-state index is -3.79. The van der Waals surface area contributed by atoms with Gasteiger partial charge in [-0.2, -0.15) is 4.31 Å². The van der Waals surface area contributed by atoms with Gasteiger partial charge in [0.15, 0.2) is 5.00 Å². The number of anilines is 1. The van der Waals surface area contributed by atoms with E-state index in [1.165, 1.54) is 11.4 Å². The van der Waals surface area contributed by atoms with Crippen molar-refractivity contribution in [1.29, 1.82) is 0 Å². The molecule has 0 aliphatic heterocycles. The van der Waals surface area contributed by atoms with Crippen molar-refractivity contribution in [3.8, 4) is 0 Å². The lowest BCUT2D eigenvalue weighted by Crippen LogP contribution is -2.42. The third-order valence-electron chi connectivity index (χ3n) is 3.35. The standard InChI is InChI=1S/C11H19N3O4S2/c1-7(11(2,3)4)13(5)20(17,18)9-6-8(14(15)16)10(12)19-9/h6-7H,12H2,1-5H3. The second kappa shape index (κ2) is 5.30. The summed E-state index contributed by atoms with van der Waals surface area (Å²) < 4.78 is 26.0. The highest BCUT2D eigenvalue weighted by Gasteiger charge is 2.35. The van der Waals surface area contributed by atoms with Gasteiger partial charge in [-0.15, -0.1) is 0 Å². The van der Waals surface area contributed by atoms with Gasteiger partial charge in [-0.1, -0.05) is 32.1 Å². The van der Waals surface area contributed by atoms with Crippen LogP contribution in [-0.4, -0.2) is 30.7 Å². The third kappa shape index (κ3) is 3.10. The van der Waals surface area contributed by atoms with Crippen LogP contribution in [0.25, 0.3) is 0 Å². The van der Waals surface area contributed by atoms with Crippen molar-refractivity contribution in [2.45, 2.75) is 37.9 Å². The van der Waals surface area contributed by atoms with Gasteiger partial charge in [0, 0.05) is 19.2 Å². The normalized spacial score (nSPS) is 14.5. The molecule has 0 radical (unpaired) electrons. The van der Waals surface area contributed by atoms with Crippen molar-refractivity contribution in [3.63, 3.8) is 0 Å².